The van der Waals surface area contributed by atoms with Crippen molar-refractivity contribution in [1.29, 1.82) is 0 Å². The van der Waals surface area contributed by atoms with Crippen molar-refractivity contribution >= 4 is 11.6 Å². The number of Topliss-reactive ketones (excluding diaryl/α,β-unsaturated/α-hetero) is 2. The van der Waals surface area contributed by atoms with Crippen molar-refractivity contribution in [2.45, 2.75) is 13.8 Å². The Labute approximate surface area is 106 Å². The van der Waals surface area contributed by atoms with Crippen molar-refractivity contribution in [3.63, 3.8) is 0 Å². The summed E-state index contributed by atoms with van der Waals surface area (Å²) < 4.78 is 0. The lowest BCUT2D eigenvalue weighted by Gasteiger charge is -2.05. The first-order chi connectivity index (χ1) is 8.59. The van der Waals surface area contributed by atoms with Gasteiger partial charge in [-0.05, 0) is 19.4 Å². The molecule has 0 spiro atoms. The van der Waals surface area contributed by atoms with Gasteiger partial charge in [-0.15, -0.1) is 0 Å². The highest BCUT2D eigenvalue weighted by Crippen LogP contribution is 2.14. The van der Waals surface area contributed by atoms with Crippen LogP contribution in [0.2, 0.25) is 0 Å². The zero-order chi connectivity index (χ0) is 13.1. The van der Waals surface area contributed by atoms with Gasteiger partial charge in [0, 0.05) is 11.1 Å². The highest BCUT2D eigenvalue weighted by atomic mass is 16.2. The van der Waals surface area contributed by atoms with Crippen LogP contribution in [0.5, 0.6) is 0 Å². The topological polar surface area (TPSA) is 34.1 Å². The molecule has 90 valence electrons. The quantitative estimate of drug-likeness (QED) is 0.607. The molecule has 2 aromatic rings. The molecule has 0 fully saturated rings. The van der Waals surface area contributed by atoms with Gasteiger partial charge in [0.1, 0.15) is 0 Å². The van der Waals surface area contributed by atoms with Crippen LogP contribution in [-0.4, -0.2) is 11.6 Å². The van der Waals surface area contributed by atoms with E-state index in [-0.39, 0.29) is 0 Å². The summed E-state index contributed by atoms with van der Waals surface area (Å²) >= 11 is 0. The molecule has 0 amide bonds. The summed E-state index contributed by atoms with van der Waals surface area (Å²) in [4.78, 5) is 24.2. The van der Waals surface area contributed by atoms with E-state index in [1.165, 1.54) is 0 Å². The predicted octanol–water partition coefficient (Wildman–Crippen LogP) is 3.37. The summed E-state index contributed by atoms with van der Waals surface area (Å²) in [6, 6.07) is 14.1. The zero-order valence-electron chi connectivity index (χ0n) is 10.4. The van der Waals surface area contributed by atoms with Gasteiger partial charge in [-0.25, -0.2) is 0 Å². The summed E-state index contributed by atoms with van der Waals surface area (Å²) in [7, 11) is 0. The Hall–Kier alpha value is -2.22. The first-order valence-electron chi connectivity index (χ1n) is 5.81. The number of carbonyl (C=O) groups is 2. The number of benzene rings is 2. The molecule has 2 nitrogen and oxygen atoms in total. The van der Waals surface area contributed by atoms with Crippen molar-refractivity contribution in [2.24, 2.45) is 0 Å². The third-order valence-electron chi connectivity index (χ3n) is 2.87. The van der Waals surface area contributed by atoms with E-state index in [4.69, 9.17) is 0 Å². The Balaban J connectivity index is 2.35. The molecule has 0 atom stereocenters. The van der Waals surface area contributed by atoms with Crippen LogP contribution >= 0.6 is 0 Å². The fraction of sp³-hybridized carbons (Fsp3) is 0.125. The molecule has 0 bridgehead atoms. The summed E-state index contributed by atoms with van der Waals surface area (Å²) in [5, 5.41) is 0. The molecule has 0 unspecified atom stereocenters. The molecule has 0 aliphatic heterocycles. The van der Waals surface area contributed by atoms with Crippen molar-refractivity contribution in [3.05, 3.63) is 70.8 Å². The number of aryl methyl sites for hydroxylation is 2. The van der Waals surface area contributed by atoms with Gasteiger partial charge in [-0.2, -0.15) is 0 Å². The second-order valence-electron chi connectivity index (χ2n) is 4.34. The van der Waals surface area contributed by atoms with Crippen LogP contribution in [-0.2, 0) is 0 Å². The van der Waals surface area contributed by atoms with Gasteiger partial charge in [0.25, 0.3) is 0 Å². The maximum atomic E-state index is 12.1. The average Bonchev–Trinajstić information content (AvgIpc) is 2.38. The van der Waals surface area contributed by atoms with E-state index in [2.05, 4.69) is 0 Å². The molecule has 0 heterocycles. The Morgan fingerprint density at radius 1 is 0.833 bits per heavy atom. The molecule has 0 aliphatic carbocycles. The molecule has 0 aliphatic rings. The summed E-state index contributed by atoms with van der Waals surface area (Å²) in [6.45, 7) is 3.80. The van der Waals surface area contributed by atoms with Crippen LogP contribution in [0, 0.1) is 13.8 Å². The normalized spacial score (nSPS) is 10.1. The molecule has 2 heteroatoms. The minimum Gasteiger partial charge on any atom is -0.285 e. The predicted molar refractivity (Wildman–Crippen MR) is 71.0 cm³/mol. The lowest BCUT2D eigenvalue weighted by molar-refractivity contribution is 0.0816. The van der Waals surface area contributed by atoms with Crippen molar-refractivity contribution in [1.82, 2.24) is 0 Å². The molecule has 2 rings (SSSR count). The Morgan fingerprint density at radius 2 is 1.50 bits per heavy atom. The standard InChI is InChI=1S/C16H14O2/c1-11-8-9-14(12(2)10-11)16(18)15(17)13-6-4-3-5-7-13/h3-10H,1-2H3. The van der Waals surface area contributed by atoms with Crippen molar-refractivity contribution in [2.75, 3.05) is 0 Å². The SMILES string of the molecule is Cc1ccc(C(=O)C(=O)c2ccccc2)c(C)c1. The second-order valence-corrected chi connectivity index (χ2v) is 4.34. The highest BCUT2D eigenvalue weighted by Gasteiger charge is 2.19. The van der Waals surface area contributed by atoms with Gasteiger partial charge in [-0.1, -0.05) is 54.1 Å². The van der Waals surface area contributed by atoms with E-state index >= 15 is 0 Å². The van der Waals surface area contributed by atoms with E-state index in [9.17, 15) is 9.59 Å². The molecule has 0 saturated carbocycles. The zero-order valence-corrected chi connectivity index (χ0v) is 10.4. The Morgan fingerprint density at radius 3 is 2.11 bits per heavy atom. The van der Waals surface area contributed by atoms with E-state index in [0.717, 1.165) is 11.1 Å². The van der Waals surface area contributed by atoms with Crippen molar-refractivity contribution < 1.29 is 9.59 Å². The minimum absolute atomic E-state index is 0.433. The maximum Gasteiger partial charge on any atom is 0.233 e. The number of rotatable bonds is 3. The van der Waals surface area contributed by atoms with Gasteiger partial charge in [0.15, 0.2) is 0 Å². The lowest BCUT2D eigenvalue weighted by atomic mass is 9.97. The Kier molecular flexibility index (Phi) is 3.38. The van der Waals surface area contributed by atoms with E-state index in [0.29, 0.717) is 11.1 Å². The molecule has 0 radical (unpaired) electrons. The van der Waals surface area contributed by atoms with Gasteiger partial charge in [0.05, 0.1) is 0 Å². The average molecular weight is 238 g/mol. The second kappa shape index (κ2) is 4.96. The van der Waals surface area contributed by atoms with E-state index in [1.54, 1.807) is 30.3 Å². The summed E-state index contributed by atoms with van der Waals surface area (Å²) in [6.07, 6.45) is 0. The maximum absolute atomic E-state index is 12.1. The van der Waals surface area contributed by atoms with Gasteiger partial charge < -0.3 is 0 Å². The molecule has 2 aromatic carbocycles. The molecule has 0 saturated heterocycles. The van der Waals surface area contributed by atoms with Crippen LogP contribution in [0.15, 0.2) is 48.5 Å². The smallest absolute Gasteiger partial charge is 0.233 e. The number of hydrogen-bond donors (Lipinski definition) is 0. The minimum atomic E-state index is -0.456. The molecule has 0 aromatic heterocycles. The highest BCUT2D eigenvalue weighted by molar-refractivity contribution is 6.49. The molecule has 18 heavy (non-hydrogen) atoms. The van der Waals surface area contributed by atoms with Gasteiger partial charge >= 0.3 is 0 Å². The van der Waals surface area contributed by atoms with Crippen LogP contribution in [0.3, 0.4) is 0 Å². The lowest BCUT2D eigenvalue weighted by Crippen LogP contribution is -2.15. The van der Waals surface area contributed by atoms with Crippen LogP contribution < -0.4 is 0 Å². The van der Waals surface area contributed by atoms with Gasteiger partial charge in [-0.3, -0.25) is 9.59 Å². The molecular formula is C16H14O2. The number of ketones is 2. The van der Waals surface area contributed by atoms with Crippen LogP contribution in [0.4, 0.5) is 0 Å². The third kappa shape index (κ3) is 2.38. The molecular weight excluding hydrogens is 224 g/mol. The largest absolute Gasteiger partial charge is 0.285 e. The first kappa shape index (κ1) is 12.2. The van der Waals surface area contributed by atoms with Crippen LogP contribution in [0.25, 0.3) is 0 Å². The first-order valence-corrected chi connectivity index (χ1v) is 5.81. The Bertz CT molecular complexity index is 598. The fourth-order valence-electron chi connectivity index (χ4n) is 1.91. The van der Waals surface area contributed by atoms with E-state index < -0.39 is 11.6 Å². The fourth-order valence-corrected chi connectivity index (χ4v) is 1.91. The van der Waals surface area contributed by atoms with Crippen LogP contribution in [0.1, 0.15) is 31.8 Å². The van der Waals surface area contributed by atoms with Gasteiger partial charge in [0.2, 0.25) is 11.6 Å². The van der Waals surface area contributed by atoms with Crippen molar-refractivity contribution in [3.8, 4) is 0 Å². The number of hydrogen-bond acceptors (Lipinski definition) is 2. The summed E-state index contributed by atoms with van der Waals surface area (Å²) in [5.41, 5.74) is 2.83. The molecule has 0 N–H and O–H groups in total. The van der Waals surface area contributed by atoms with E-state index in [1.807, 2.05) is 32.0 Å². The summed E-state index contributed by atoms with van der Waals surface area (Å²) in [5.74, 6) is -0.902. The third-order valence-corrected chi connectivity index (χ3v) is 2.87. The monoisotopic (exact) mass is 238 g/mol. The number of carbonyl (C=O) groups excluding carboxylic acids is 2.